The third-order valence-electron chi connectivity index (χ3n) is 3.97. The van der Waals surface area contributed by atoms with Crippen LogP contribution in [0.5, 0.6) is 0 Å². The Hall–Kier alpha value is -1.95. The van der Waals surface area contributed by atoms with Crippen molar-refractivity contribution in [2.24, 2.45) is 0 Å². The van der Waals surface area contributed by atoms with Crippen molar-refractivity contribution in [3.8, 4) is 0 Å². The summed E-state index contributed by atoms with van der Waals surface area (Å²) in [5.74, 6) is 1.38. The quantitative estimate of drug-likeness (QED) is 0.932. The normalized spacial score (nSPS) is 14.8. The zero-order valence-electron chi connectivity index (χ0n) is 13.8. The van der Waals surface area contributed by atoms with Crippen LogP contribution in [0.25, 0.3) is 0 Å². The number of hydrogen-bond donors (Lipinski definition) is 1. The average molecular weight is 331 g/mol. The van der Waals surface area contributed by atoms with Crippen LogP contribution in [0.2, 0.25) is 0 Å². The summed E-state index contributed by atoms with van der Waals surface area (Å²) in [7, 11) is -3.67. The van der Waals surface area contributed by atoms with Crippen LogP contribution in [0, 0.1) is 27.7 Å². The zero-order chi connectivity index (χ0) is 16.8. The van der Waals surface area contributed by atoms with E-state index in [9.17, 15) is 8.42 Å². The molecule has 5 nitrogen and oxygen atoms in total. The first-order chi connectivity index (χ1) is 10.8. The SMILES string of the molecule is Cc1cc(C)c(S(=O)(=O)Nc2cc(C3CC3)nc(C)n2)c(C)c1. The Bertz CT molecular complexity index is 848. The molecule has 23 heavy (non-hydrogen) atoms. The maximum absolute atomic E-state index is 12.8. The van der Waals surface area contributed by atoms with Gasteiger partial charge in [0.15, 0.2) is 0 Å². The van der Waals surface area contributed by atoms with Crippen molar-refractivity contribution in [3.63, 3.8) is 0 Å². The molecule has 0 spiro atoms. The fourth-order valence-electron chi connectivity index (χ4n) is 3.01. The largest absolute Gasteiger partial charge is 0.263 e. The molecule has 1 heterocycles. The molecule has 1 aromatic carbocycles. The van der Waals surface area contributed by atoms with Crippen molar-refractivity contribution in [2.45, 2.75) is 51.3 Å². The second kappa shape index (κ2) is 5.60. The predicted octanol–water partition coefficient (Wildman–Crippen LogP) is 3.39. The Morgan fingerprint density at radius 1 is 1.00 bits per heavy atom. The summed E-state index contributed by atoms with van der Waals surface area (Å²) in [6.45, 7) is 7.37. The summed E-state index contributed by atoms with van der Waals surface area (Å²) in [6.07, 6.45) is 2.22. The van der Waals surface area contributed by atoms with Crippen LogP contribution in [0.1, 0.15) is 47.0 Å². The molecule has 1 aromatic heterocycles. The minimum Gasteiger partial charge on any atom is -0.263 e. The van der Waals surface area contributed by atoms with Crippen molar-refractivity contribution in [2.75, 3.05) is 4.72 Å². The van der Waals surface area contributed by atoms with Crippen LogP contribution in [-0.4, -0.2) is 18.4 Å². The first kappa shape index (κ1) is 15.9. The van der Waals surface area contributed by atoms with E-state index in [4.69, 9.17) is 0 Å². The third-order valence-corrected chi connectivity index (χ3v) is 5.62. The topological polar surface area (TPSA) is 72.0 Å². The average Bonchev–Trinajstić information content (AvgIpc) is 3.19. The van der Waals surface area contributed by atoms with E-state index < -0.39 is 10.0 Å². The number of anilines is 1. The molecule has 0 bridgehead atoms. The summed E-state index contributed by atoms with van der Waals surface area (Å²) in [5.41, 5.74) is 3.45. The van der Waals surface area contributed by atoms with E-state index in [2.05, 4.69) is 14.7 Å². The number of aromatic nitrogens is 2. The van der Waals surface area contributed by atoms with Gasteiger partial charge in [-0.25, -0.2) is 18.4 Å². The summed E-state index contributed by atoms with van der Waals surface area (Å²) < 4.78 is 28.2. The van der Waals surface area contributed by atoms with Crippen LogP contribution >= 0.6 is 0 Å². The number of benzene rings is 1. The van der Waals surface area contributed by atoms with Gasteiger partial charge in [0.25, 0.3) is 10.0 Å². The molecule has 1 aliphatic rings. The predicted molar refractivity (Wildman–Crippen MR) is 90.2 cm³/mol. The van der Waals surface area contributed by atoms with Gasteiger partial charge in [-0.05, 0) is 51.7 Å². The molecule has 0 amide bonds. The highest BCUT2D eigenvalue weighted by molar-refractivity contribution is 7.92. The van der Waals surface area contributed by atoms with E-state index >= 15 is 0 Å². The van der Waals surface area contributed by atoms with Crippen LogP contribution in [-0.2, 0) is 10.0 Å². The summed E-state index contributed by atoms with van der Waals surface area (Å²) in [4.78, 5) is 8.96. The highest BCUT2D eigenvalue weighted by Gasteiger charge is 2.27. The van der Waals surface area contributed by atoms with Gasteiger partial charge in [-0.1, -0.05) is 17.7 Å². The van der Waals surface area contributed by atoms with Crippen LogP contribution in [0.3, 0.4) is 0 Å². The Morgan fingerprint density at radius 3 is 2.17 bits per heavy atom. The molecule has 0 unspecified atom stereocenters. The number of rotatable bonds is 4. The lowest BCUT2D eigenvalue weighted by molar-refractivity contribution is 0.599. The highest BCUT2D eigenvalue weighted by Crippen LogP contribution is 2.39. The maximum Gasteiger partial charge on any atom is 0.263 e. The monoisotopic (exact) mass is 331 g/mol. The van der Waals surface area contributed by atoms with Gasteiger partial charge in [-0.2, -0.15) is 0 Å². The number of aryl methyl sites for hydroxylation is 4. The lowest BCUT2D eigenvalue weighted by atomic mass is 10.1. The van der Waals surface area contributed by atoms with Crippen LogP contribution in [0.15, 0.2) is 23.1 Å². The molecule has 0 atom stereocenters. The van der Waals surface area contributed by atoms with Crippen molar-refractivity contribution in [3.05, 3.63) is 46.4 Å². The van der Waals surface area contributed by atoms with Crippen molar-refractivity contribution >= 4 is 15.8 Å². The van der Waals surface area contributed by atoms with Crippen molar-refractivity contribution < 1.29 is 8.42 Å². The Labute approximate surface area is 137 Å². The molecule has 1 saturated carbocycles. The molecule has 2 aromatic rings. The minimum absolute atomic E-state index is 0.326. The number of hydrogen-bond acceptors (Lipinski definition) is 4. The smallest absolute Gasteiger partial charge is 0.263 e. The van der Waals surface area contributed by atoms with E-state index in [0.29, 0.717) is 22.5 Å². The fourth-order valence-corrected chi connectivity index (χ4v) is 4.46. The van der Waals surface area contributed by atoms with E-state index in [1.54, 1.807) is 13.0 Å². The Kier molecular flexibility index (Phi) is 3.88. The second-order valence-corrected chi connectivity index (χ2v) is 7.95. The number of nitrogens with one attached hydrogen (secondary N) is 1. The Balaban J connectivity index is 1.99. The van der Waals surface area contributed by atoms with Gasteiger partial charge in [0.2, 0.25) is 0 Å². The zero-order valence-corrected chi connectivity index (χ0v) is 14.7. The molecule has 1 aliphatic carbocycles. The minimum atomic E-state index is -3.67. The number of nitrogens with zero attached hydrogens (tertiary/aromatic N) is 2. The molecule has 3 rings (SSSR count). The third kappa shape index (κ3) is 3.37. The molecule has 0 aliphatic heterocycles. The van der Waals surface area contributed by atoms with Crippen molar-refractivity contribution in [1.82, 2.24) is 9.97 Å². The number of sulfonamides is 1. The molecule has 0 radical (unpaired) electrons. The van der Waals surface area contributed by atoms with Crippen molar-refractivity contribution in [1.29, 1.82) is 0 Å². The summed E-state index contributed by atoms with van der Waals surface area (Å²) >= 11 is 0. The highest BCUT2D eigenvalue weighted by atomic mass is 32.2. The van der Waals surface area contributed by atoms with Gasteiger partial charge in [0, 0.05) is 17.7 Å². The second-order valence-electron chi connectivity index (χ2n) is 6.33. The molecule has 6 heteroatoms. The van der Waals surface area contributed by atoms with Gasteiger partial charge in [0.1, 0.15) is 11.6 Å². The van der Waals surface area contributed by atoms with Gasteiger partial charge >= 0.3 is 0 Å². The van der Waals surface area contributed by atoms with Crippen LogP contribution in [0.4, 0.5) is 5.82 Å². The van der Waals surface area contributed by atoms with Gasteiger partial charge in [-0.3, -0.25) is 4.72 Å². The van der Waals surface area contributed by atoms with E-state index in [0.717, 1.165) is 35.2 Å². The van der Waals surface area contributed by atoms with Gasteiger partial charge < -0.3 is 0 Å². The van der Waals surface area contributed by atoms with E-state index in [1.165, 1.54) is 0 Å². The molecule has 0 saturated heterocycles. The lowest BCUT2D eigenvalue weighted by Gasteiger charge is -2.14. The molecule has 1 fully saturated rings. The fraction of sp³-hybridized carbons (Fsp3) is 0.412. The Morgan fingerprint density at radius 2 is 1.61 bits per heavy atom. The standard InChI is InChI=1S/C17H21N3O2S/c1-10-7-11(2)17(12(3)8-10)23(21,22)20-16-9-15(14-5-6-14)18-13(4)19-16/h7-9,14H,5-6H2,1-4H3,(H,18,19,20). The van der Waals surface area contributed by atoms with Gasteiger partial charge in [0.05, 0.1) is 4.90 Å². The maximum atomic E-state index is 12.8. The summed E-state index contributed by atoms with van der Waals surface area (Å²) in [6, 6.07) is 5.51. The van der Waals surface area contributed by atoms with Gasteiger partial charge in [-0.15, -0.1) is 0 Å². The first-order valence-electron chi connectivity index (χ1n) is 7.72. The first-order valence-corrected chi connectivity index (χ1v) is 9.21. The summed E-state index contributed by atoms with van der Waals surface area (Å²) in [5, 5.41) is 0. The lowest BCUT2D eigenvalue weighted by Crippen LogP contribution is -2.17. The molecular weight excluding hydrogens is 310 g/mol. The molecule has 1 N–H and O–H groups in total. The molecule has 122 valence electrons. The van der Waals surface area contributed by atoms with E-state index in [1.807, 2.05) is 32.9 Å². The molecular formula is C17H21N3O2S. The van der Waals surface area contributed by atoms with Crippen LogP contribution < -0.4 is 4.72 Å². The van der Waals surface area contributed by atoms with E-state index in [-0.39, 0.29) is 0 Å².